The van der Waals surface area contributed by atoms with Crippen molar-refractivity contribution < 1.29 is 34.2 Å². The van der Waals surface area contributed by atoms with Gasteiger partial charge in [-0.2, -0.15) is 0 Å². The van der Waals surface area contributed by atoms with Gasteiger partial charge in [0.15, 0.2) is 0 Å². The van der Waals surface area contributed by atoms with E-state index >= 15 is 0 Å². The highest BCUT2D eigenvalue weighted by Crippen LogP contribution is 2.25. The Labute approximate surface area is 190 Å². The van der Waals surface area contributed by atoms with Crippen molar-refractivity contribution in [3.8, 4) is 11.5 Å². The first-order chi connectivity index (χ1) is 15.7. The molecule has 0 unspecified atom stereocenters. The Morgan fingerprint density at radius 1 is 0.909 bits per heavy atom. The number of piperazine rings is 1. The number of ether oxygens (including phenoxy) is 2. The van der Waals surface area contributed by atoms with Crippen LogP contribution in [0.25, 0.3) is 0 Å². The lowest BCUT2D eigenvalue weighted by molar-refractivity contribution is -0.384. The molecule has 33 heavy (non-hydrogen) atoms. The molecule has 0 aromatic heterocycles. The maximum Gasteiger partial charge on any atom is 0.414 e. The van der Waals surface area contributed by atoms with E-state index in [1.165, 1.54) is 0 Å². The van der Waals surface area contributed by atoms with Crippen LogP contribution >= 0.6 is 0 Å². The third-order valence-electron chi connectivity index (χ3n) is 5.08. The number of carbonyl (C=O) groups is 2. The second-order valence-electron chi connectivity index (χ2n) is 7.26. The van der Waals surface area contributed by atoms with Crippen LogP contribution in [0.2, 0.25) is 0 Å². The topological polar surface area (TPSA) is 143 Å². The van der Waals surface area contributed by atoms with Gasteiger partial charge in [-0.1, -0.05) is 12.1 Å². The van der Waals surface area contributed by atoms with Gasteiger partial charge in [-0.3, -0.25) is 19.9 Å². The first-order valence-corrected chi connectivity index (χ1v) is 10.1. The number of nitro benzene ring substituents is 1. The third kappa shape index (κ3) is 8.05. The molecule has 1 heterocycles. The number of methoxy groups -OCH3 is 2. The van der Waals surface area contributed by atoms with E-state index in [9.17, 15) is 10.1 Å². The van der Waals surface area contributed by atoms with Crippen molar-refractivity contribution in [2.24, 2.45) is 0 Å². The first kappa shape index (κ1) is 25.6. The molecule has 11 nitrogen and oxygen atoms in total. The Kier molecular flexibility index (Phi) is 9.58. The van der Waals surface area contributed by atoms with Gasteiger partial charge in [0.2, 0.25) is 0 Å². The number of carboxylic acid groups (broad SMARTS) is 2. The maximum absolute atomic E-state index is 10.7. The number of rotatable bonds is 7. The standard InChI is InChI=1S/C20H25N3O4.C2H2O4/c1-26-19-7-8-20(27-2)17(13-19)15-22-11-9-21(10-12-22)14-16-3-5-18(6-4-16)23(24)25;3-1(4)2(5)6/h3-8,13H,9-12,14-15H2,1-2H3;(H,3,4)(H,5,6). The molecule has 2 aromatic rings. The van der Waals surface area contributed by atoms with E-state index in [1.54, 1.807) is 26.4 Å². The van der Waals surface area contributed by atoms with Crippen LogP contribution in [0, 0.1) is 10.1 Å². The minimum atomic E-state index is -1.82. The molecule has 1 saturated heterocycles. The fourth-order valence-electron chi connectivity index (χ4n) is 3.33. The fraction of sp³-hybridized carbons (Fsp3) is 0.364. The van der Waals surface area contributed by atoms with E-state index in [-0.39, 0.29) is 10.6 Å². The molecule has 1 aliphatic heterocycles. The zero-order valence-corrected chi connectivity index (χ0v) is 18.5. The van der Waals surface area contributed by atoms with Gasteiger partial charge in [0, 0.05) is 57.0 Å². The van der Waals surface area contributed by atoms with E-state index < -0.39 is 11.9 Å². The number of hydrogen-bond donors (Lipinski definition) is 2. The maximum atomic E-state index is 10.7. The lowest BCUT2D eigenvalue weighted by atomic mass is 10.1. The average Bonchev–Trinajstić information content (AvgIpc) is 2.81. The Morgan fingerprint density at radius 3 is 1.91 bits per heavy atom. The van der Waals surface area contributed by atoms with Gasteiger partial charge in [0.05, 0.1) is 19.1 Å². The predicted octanol–water partition coefficient (Wildman–Crippen LogP) is 2.09. The van der Waals surface area contributed by atoms with Crippen LogP contribution in [0.1, 0.15) is 11.1 Å². The Balaban J connectivity index is 0.000000569. The summed E-state index contributed by atoms with van der Waals surface area (Å²) in [5, 5.41) is 25.5. The zero-order valence-electron chi connectivity index (χ0n) is 18.5. The summed E-state index contributed by atoms with van der Waals surface area (Å²) >= 11 is 0. The molecule has 11 heteroatoms. The van der Waals surface area contributed by atoms with Gasteiger partial charge in [-0.25, -0.2) is 9.59 Å². The van der Waals surface area contributed by atoms with Crippen molar-refractivity contribution in [1.29, 1.82) is 0 Å². The molecule has 0 bridgehead atoms. The minimum Gasteiger partial charge on any atom is -0.497 e. The second-order valence-corrected chi connectivity index (χ2v) is 7.26. The Morgan fingerprint density at radius 2 is 1.45 bits per heavy atom. The van der Waals surface area contributed by atoms with Crippen LogP contribution in [-0.2, 0) is 22.7 Å². The number of nitrogens with zero attached hydrogens (tertiary/aromatic N) is 3. The summed E-state index contributed by atoms with van der Waals surface area (Å²) in [6.45, 7) is 5.49. The van der Waals surface area contributed by atoms with Crippen LogP contribution in [0.3, 0.4) is 0 Å². The summed E-state index contributed by atoms with van der Waals surface area (Å²) in [5.41, 5.74) is 2.36. The SMILES string of the molecule is COc1ccc(OC)c(CN2CCN(Cc3ccc([N+](=O)[O-])cc3)CC2)c1.O=C(O)C(=O)O. The minimum absolute atomic E-state index is 0.135. The second kappa shape index (κ2) is 12.4. The predicted molar refractivity (Wildman–Crippen MR) is 118 cm³/mol. The van der Waals surface area contributed by atoms with Crippen molar-refractivity contribution in [2.75, 3.05) is 40.4 Å². The molecule has 2 aromatic carbocycles. The number of hydrogen-bond acceptors (Lipinski definition) is 8. The highest BCUT2D eigenvalue weighted by atomic mass is 16.6. The fourth-order valence-corrected chi connectivity index (χ4v) is 3.33. The number of benzene rings is 2. The van der Waals surface area contributed by atoms with Crippen molar-refractivity contribution >= 4 is 17.6 Å². The first-order valence-electron chi connectivity index (χ1n) is 10.1. The number of carboxylic acids is 2. The largest absolute Gasteiger partial charge is 0.497 e. The van der Waals surface area contributed by atoms with Gasteiger partial charge >= 0.3 is 11.9 Å². The lowest BCUT2D eigenvalue weighted by Gasteiger charge is -2.35. The lowest BCUT2D eigenvalue weighted by Crippen LogP contribution is -2.45. The highest BCUT2D eigenvalue weighted by molar-refractivity contribution is 6.27. The number of non-ortho nitro benzene ring substituents is 1. The molecular weight excluding hydrogens is 434 g/mol. The quantitative estimate of drug-likeness (QED) is 0.357. The van der Waals surface area contributed by atoms with Crippen LogP contribution in [0.5, 0.6) is 11.5 Å². The van der Waals surface area contributed by atoms with Crippen molar-refractivity contribution in [1.82, 2.24) is 9.80 Å². The van der Waals surface area contributed by atoms with E-state index in [4.69, 9.17) is 29.3 Å². The molecule has 0 aliphatic carbocycles. The molecule has 0 spiro atoms. The average molecular weight is 461 g/mol. The Hall–Kier alpha value is -3.70. The smallest absolute Gasteiger partial charge is 0.414 e. The zero-order chi connectivity index (χ0) is 24.4. The summed E-state index contributed by atoms with van der Waals surface area (Å²) < 4.78 is 10.8. The number of nitro groups is 1. The van der Waals surface area contributed by atoms with Gasteiger partial charge in [-0.15, -0.1) is 0 Å². The molecule has 1 fully saturated rings. The van der Waals surface area contributed by atoms with Crippen molar-refractivity contribution in [3.63, 3.8) is 0 Å². The van der Waals surface area contributed by atoms with Crippen LogP contribution < -0.4 is 9.47 Å². The summed E-state index contributed by atoms with van der Waals surface area (Å²) in [5.74, 6) is -1.93. The van der Waals surface area contributed by atoms with E-state index in [0.717, 1.165) is 61.9 Å². The summed E-state index contributed by atoms with van der Waals surface area (Å²) in [4.78, 5) is 33.4. The molecule has 0 amide bonds. The molecule has 2 N–H and O–H groups in total. The van der Waals surface area contributed by atoms with Gasteiger partial charge in [-0.05, 0) is 23.8 Å². The molecule has 0 saturated carbocycles. The molecule has 178 valence electrons. The summed E-state index contributed by atoms with van der Waals surface area (Å²) in [7, 11) is 3.36. The number of aliphatic carboxylic acids is 2. The van der Waals surface area contributed by atoms with Gasteiger partial charge in [0.1, 0.15) is 11.5 Å². The highest BCUT2D eigenvalue weighted by Gasteiger charge is 2.19. The summed E-state index contributed by atoms with van der Waals surface area (Å²) in [6.07, 6.45) is 0. The molecule has 3 rings (SSSR count). The molecule has 0 atom stereocenters. The summed E-state index contributed by atoms with van der Waals surface area (Å²) in [6, 6.07) is 12.7. The van der Waals surface area contributed by atoms with Gasteiger partial charge in [0.25, 0.3) is 5.69 Å². The van der Waals surface area contributed by atoms with Gasteiger partial charge < -0.3 is 19.7 Å². The molecular formula is C22H27N3O8. The molecule has 0 radical (unpaired) electrons. The monoisotopic (exact) mass is 461 g/mol. The normalized spacial score (nSPS) is 14.0. The van der Waals surface area contributed by atoms with Crippen LogP contribution in [-0.4, -0.2) is 77.3 Å². The van der Waals surface area contributed by atoms with E-state index in [0.29, 0.717) is 0 Å². The van der Waals surface area contributed by atoms with Crippen LogP contribution in [0.15, 0.2) is 42.5 Å². The Bertz CT molecular complexity index is 945. The van der Waals surface area contributed by atoms with Crippen LogP contribution in [0.4, 0.5) is 5.69 Å². The third-order valence-corrected chi connectivity index (χ3v) is 5.08. The van der Waals surface area contributed by atoms with E-state index in [1.807, 2.05) is 30.3 Å². The van der Waals surface area contributed by atoms with Crippen molar-refractivity contribution in [2.45, 2.75) is 13.1 Å². The van der Waals surface area contributed by atoms with Crippen molar-refractivity contribution in [3.05, 3.63) is 63.7 Å². The molecule has 1 aliphatic rings. The van der Waals surface area contributed by atoms with E-state index in [2.05, 4.69) is 9.80 Å².